The van der Waals surface area contributed by atoms with Crippen LogP contribution in [0.1, 0.15) is 60.4 Å². The van der Waals surface area contributed by atoms with E-state index >= 15 is 0 Å². The first kappa shape index (κ1) is 21.3. The van der Waals surface area contributed by atoms with E-state index in [2.05, 4.69) is 25.8 Å². The number of halogens is 3. The molecule has 1 aromatic heterocycles. The number of hydrogen-bond donors (Lipinski definition) is 3. The number of nitrogens with zero attached hydrogens (tertiary/aromatic N) is 2. The van der Waals surface area contributed by atoms with Crippen molar-refractivity contribution in [1.82, 2.24) is 15.5 Å². The number of benzene rings is 1. The van der Waals surface area contributed by atoms with Crippen LogP contribution in [0, 0.1) is 0 Å². The Hall–Kier alpha value is -2.41. The topological polar surface area (TPSA) is 82.2 Å². The van der Waals surface area contributed by atoms with E-state index in [1.165, 1.54) is 28.3 Å². The first-order chi connectivity index (χ1) is 13.7. The number of aliphatic imine (C=N–C) groups is 1. The number of carbonyl (C=O) groups excluding carboxylic acids is 1. The summed E-state index contributed by atoms with van der Waals surface area (Å²) in [6, 6.07) is 7.32. The Morgan fingerprint density at radius 1 is 1.31 bits per heavy atom. The summed E-state index contributed by atoms with van der Waals surface area (Å²) in [7, 11) is 1.43. The summed E-state index contributed by atoms with van der Waals surface area (Å²) in [6.45, 7) is 1.42. The Kier molecular flexibility index (Phi) is 6.57. The number of nitrogens with one attached hydrogen (secondary N) is 3. The molecule has 0 radical (unpaired) electrons. The van der Waals surface area contributed by atoms with Crippen molar-refractivity contribution in [2.45, 2.75) is 50.5 Å². The highest BCUT2D eigenvalue weighted by Crippen LogP contribution is 2.34. The van der Waals surface area contributed by atoms with Crippen LogP contribution >= 0.6 is 9.24 Å². The molecule has 1 fully saturated rings. The summed E-state index contributed by atoms with van der Waals surface area (Å²) in [5.41, 5.74) is -2.72. The molecule has 1 aromatic carbocycles. The standard InChI is InChI=1S/C19H23F3N5OP/c1-11(20)12-6-8-13(9-7-12)17(28)25-18(23-14-4-2-3-5-14)24-16-10-15(26-27-16)19(21,22)29/h6-11,14H,2-5,29H2,1H3,(H3,23,24,25,26,27,28). The summed E-state index contributed by atoms with van der Waals surface area (Å²) in [6.07, 6.45) is 2.74. The van der Waals surface area contributed by atoms with Gasteiger partial charge in [-0.25, -0.2) is 9.38 Å². The summed E-state index contributed by atoms with van der Waals surface area (Å²) in [4.78, 5) is 17.1. The van der Waals surface area contributed by atoms with Gasteiger partial charge in [-0.05, 0) is 37.5 Å². The van der Waals surface area contributed by atoms with Crippen LogP contribution in [0.4, 0.5) is 19.0 Å². The number of aromatic nitrogens is 2. The maximum absolute atomic E-state index is 13.4. The molecule has 156 valence electrons. The van der Waals surface area contributed by atoms with Crippen LogP contribution in [-0.2, 0) is 5.66 Å². The lowest BCUT2D eigenvalue weighted by molar-refractivity contribution is 0.0973. The van der Waals surface area contributed by atoms with E-state index in [1.54, 1.807) is 12.1 Å². The van der Waals surface area contributed by atoms with Gasteiger partial charge in [0.2, 0.25) is 5.96 Å². The van der Waals surface area contributed by atoms with E-state index in [-0.39, 0.29) is 23.5 Å². The second kappa shape index (κ2) is 8.95. The van der Waals surface area contributed by atoms with Crippen molar-refractivity contribution >= 4 is 26.9 Å². The van der Waals surface area contributed by atoms with Gasteiger partial charge < -0.3 is 5.32 Å². The Balaban J connectivity index is 1.76. The third-order valence-electron chi connectivity index (χ3n) is 4.68. The number of carbonyl (C=O) groups is 1. The van der Waals surface area contributed by atoms with E-state index in [0.717, 1.165) is 31.7 Å². The summed E-state index contributed by atoms with van der Waals surface area (Å²) in [5.74, 6) is -0.199. The Bertz CT molecular complexity index is 871. The molecule has 2 unspecified atom stereocenters. The fourth-order valence-electron chi connectivity index (χ4n) is 3.07. The molecule has 0 spiro atoms. The quantitative estimate of drug-likeness (QED) is 0.375. The minimum atomic E-state index is -3.14. The van der Waals surface area contributed by atoms with Crippen LogP contribution < -0.4 is 10.6 Å². The lowest BCUT2D eigenvalue weighted by atomic mass is 10.1. The highest BCUT2D eigenvalue weighted by Gasteiger charge is 2.27. The summed E-state index contributed by atoms with van der Waals surface area (Å²) < 4.78 is 40.1. The van der Waals surface area contributed by atoms with Gasteiger partial charge in [0.15, 0.2) is 5.82 Å². The average Bonchev–Trinajstić information content (AvgIpc) is 3.33. The van der Waals surface area contributed by atoms with E-state index in [9.17, 15) is 18.0 Å². The molecule has 0 aliphatic heterocycles. The molecule has 2 atom stereocenters. The van der Waals surface area contributed by atoms with Gasteiger partial charge >= 0.3 is 0 Å². The lowest BCUT2D eigenvalue weighted by Gasteiger charge is -2.13. The number of anilines is 1. The molecule has 1 heterocycles. The van der Waals surface area contributed by atoms with Gasteiger partial charge in [-0.2, -0.15) is 13.9 Å². The van der Waals surface area contributed by atoms with Crippen LogP contribution in [0.25, 0.3) is 0 Å². The van der Waals surface area contributed by atoms with E-state index in [4.69, 9.17) is 0 Å². The number of H-pyrrole nitrogens is 1. The smallest absolute Gasteiger partial charge is 0.299 e. The number of alkyl halides is 3. The molecule has 1 aliphatic rings. The Morgan fingerprint density at radius 2 is 1.97 bits per heavy atom. The molecule has 3 N–H and O–H groups in total. The number of hydrogen-bond acceptors (Lipinski definition) is 3. The van der Waals surface area contributed by atoms with Gasteiger partial charge in [0.25, 0.3) is 11.6 Å². The molecule has 3 rings (SSSR count). The highest BCUT2D eigenvalue weighted by molar-refractivity contribution is 7.17. The lowest BCUT2D eigenvalue weighted by Crippen LogP contribution is -2.37. The molecule has 6 nitrogen and oxygen atoms in total. The Morgan fingerprint density at radius 3 is 2.52 bits per heavy atom. The molecule has 1 amide bonds. The van der Waals surface area contributed by atoms with Crippen molar-refractivity contribution in [3.8, 4) is 0 Å². The molecule has 0 saturated heterocycles. The zero-order valence-corrected chi connectivity index (χ0v) is 17.0. The Labute approximate surface area is 169 Å². The fraction of sp³-hybridized carbons (Fsp3) is 0.421. The van der Waals surface area contributed by atoms with Crippen molar-refractivity contribution in [2.75, 3.05) is 5.32 Å². The average molecular weight is 425 g/mol. The maximum atomic E-state index is 13.4. The van der Waals surface area contributed by atoms with Crippen LogP contribution in [-0.4, -0.2) is 28.1 Å². The molecule has 0 bridgehead atoms. The van der Waals surface area contributed by atoms with Gasteiger partial charge in [-0.15, -0.1) is 0 Å². The third kappa shape index (κ3) is 5.79. The summed E-state index contributed by atoms with van der Waals surface area (Å²) in [5, 5.41) is 11.5. The van der Waals surface area contributed by atoms with Crippen molar-refractivity contribution in [1.29, 1.82) is 0 Å². The third-order valence-corrected chi connectivity index (χ3v) is 4.99. The van der Waals surface area contributed by atoms with Crippen LogP contribution in [0.2, 0.25) is 0 Å². The molecule has 2 aromatic rings. The van der Waals surface area contributed by atoms with Crippen LogP contribution in [0.3, 0.4) is 0 Å². The minimum absolute atomic E-state index is 0.0362. The molecule has 1 aliphatic carbocycles. The van der Waals surface area contributed by atoms with Gasteiger partial charge in [-0.3, -0.25) is 15.2 Å². The molecular weight excluding hydrogens is 402 g/mol. The first-order valence-electron chi connectivity index (χ1n) is 9.35. The van der Waals surface area contributed by atoms with Crippen molar-refractivity contribution < 1.29 is 18.0 Å². The molecule has 1 saturated carbocycles. The van der Waals surface area contributed by atoms with Crippen molar-refractivity contribution in [3.05, 3.63) is 47.2 Å². The number of guanidine groups is 1. The predicted molar refractivity (Wildman–Crippen MR) is 109 cm³/mol. The fourth-order valence-corrected chi connectivity index (χ4v) is 3.22. The minimum Gasteiger partial charge on any atom is -0.309 e. The predicted octanol–water partition coefficient (Wildman–Crippen LogP) is 4.51. The number of aromatic amines is 1. The van der Waals surface area contributed by atoms with E-state index < -0.39 is 17.7 Å². The zero-order chi connectivity index (χ0) is 21.0. The number of rotatable bonds is 5. The highest BCUT2D eigenvalue weighted by atomic mass is 31.0. The zero-order valence-electron chi connectivity index (χ0n) is 15.9. The maximum Gasteiger partial charge on any atom is 0.299 e. The van der Waals surface area contributed by atoms with Crippen molar-refractivity contribution in [3.63, 3.8) is 0 Å². The van der Waals surface area contributed by atoms with E-state index in [1.807, 2.05) is 0 Å². The normalized spacial score (nSPS) is 16.7. The second-order valence-electron chi connectivity index (χ2n) is 7.02. The van der Waals surface area contributed by atoms with Gasteiger partial charge in [-0.1, -0.05) is 34.2 Å². The largest absolute Gasteiger partial charge is 0.309 e. The molecule has 29 heavy (non-hydrogen) atoms. The number of amides is 1. The van der Waals surface area contributed by atoms with Crippen LogP contribution in [0.5, 0.6) is 0 Å². The van der Waals surface area contributed by atoms with Gasteiger partial charge in [0.1, 0.15) is 11.9 Å². The molecular formula is C19H23F3N5OP. The van der Waals surface area contributed by atoms with Crippen LogP contribution in [0.15, 0.2) is 35.3 Å². The summed E-state index contributed by atoms with van der Waals surface area (Å²) >= 11 is 0. The van der Waals surface area contributed by atoms with Gasteiger partial charge in [0, 0.05) is 11.6 Å². The SMILES string of the molecule is CC(F)c1ccc(C(=O)NC(=NC2CCCC2)Nc2cc(C(F)(F)P)[nH]n2)cc1. The molecule has 10 heteroatoms. The van der Waals surface area contributed by atoms with E-state index in [0.29, 0.717) is 11.1 Å². The van der Waals surface area contributed by atoms with Crippen molar-refractivity contribution in [2.24, 2.45) is 4.99 Å². The first-order valence-corrected chi connectivity index (χ1v) is 9.93. The monoisotopic (exact) mass is 425 g/mol. The van der Waals surface area contributed by atoms with Gasteiger partial charge in [0.05, 0.1) is 6.04 Å². The second-order valence-corrected chi connectivity index (χ2v) is 7.75.